The van der Waals surface area contributed by atoms with Gasteiger partial charge in [-0.1, -0.05) is 17.8 Å². The van der Waals surface area contributed by atoms with Crippen LogP contribution in [0.2, 0.25) is 0 Å². The molecule has 0 bridgehead atoms. The van der Waals surface area contributed by atoms with E-state index in [0.717, 1.165) is 17.3 Å². The van der Waals surface area contributed by atoms with Crippen LogP contribution in [-0.4, -0.2) is 15.0 Å². The fourth-order valence-corrected chi connectivity index (χ4v) is 2.75. The lowest BCUT2D eigenvalue weighted by molar-refractivity contribution is 1.16. The predicted octanol–water partition coefficient (Wildman–Crippen LogP) is 2.36. The maximum absolute atomic E-state index is 12.3. The maximum Gasteiger partial charge on any atom is 0.261 e. The molecule has 2 aromatic heterocycles. The molecule has 0 aliphatic heterocycles. The van der Waals surface area contributed by atoms with Crippen molar-refractivity contribution in [1.82, 2.24) is 15.0 Å². The van der Waals surface area contributed by atoms with Crippen LogP contribution in [0.1, 0.15) is 11.0 Å². The van der Waals surface area contributed by atoms with Crippen LogP contribution in [-0.2, 0) is 0 Å². The van der Waals surface area contributed by atoms with Crippen molar-refractivity contribution in [2.75, 3.05) is 5.73 Å². The Morgan fingerprint density at radius 3 is 2.85 bits per heavy atom. The molecule has 3 rings (SSSR count). The number of nitrogens with zero attached hydrogens (tertiary/aromatic N) is 2. The summed E-state index contributed by atoms with van der Waals surface area (Å²) in [6, 6.07) is 2.92. The lowest BCUT2D eigenvalue weighted by atomic mass is 10.1. The van der Waals surface area contributed by atoms with Crippen molar-refractivity contribution in [3.05, 3.63) is 52.5 Å². The van der Waals surface area contributed by atoms with E-state index >= 15 is 0 Å². The Labute approximate surface area is 124 Å². The van der Waals surface area contributed by atoms with Crippen LogP contribution in [0.5, 0.6) is 0 Å². The summed E-state index contributed by atoms with van der Waals surface area (Å²) in [4.78, 5) is 23.0. The number of H-pyrrole nitrogens is 1. The Bertz CT molecular complexity index is 1010. The first-order valence-corrected chi connectivity index (χ1v) is 6.52. The fraction of sp³-hybridized carbons (Fsp3) is 0.0714. The number of fused-ring (bicyclic) bond motifs is 1. The molecule has 0 atom stereocenters. The van der Waals surface area contributed by atoms with Gasteiger partial charge in [0.25, 0.3) is 5.56 Å². The molecule has 0 amide bonds. The van der Waals surface area contributed by atoms with Gasteiger partial charge in [-0.3, -0.25) is 14.8 Å². The van der Waals surface area contributed by atoms with Crippen LogP contribution >= 0.6 is 11.8 Å². The first-order valence-electron chi connectivity index (χ1n) is 7.71. The molecule has 0 unspecified atom stereocenters. The minimum atomic E-state index is -0.423. The van der Waals surface area contributed by atoms with E-state index in [-0.39, 0.29) is 35.3 Å². The number of pyridine rings is 1. The van der Waals surface area contributed by atoms with Crippen LogP contribution in [0.15, 0.2) is 51.1 Å². The molecule has 0 saturated carbocycles. The average molecular weight is 288 g/mol. The number of aromatic nitrogens is 3. The van der Waals surface area contributed by atoms with Gasteiger partial charge in [-0.2, -0.15) is 0 Å². The summed E-state index contributed by atoms with van der Waals surface area (Å²) in [5, 5.41) is 0.294. The van der Waals surface area contributed by atoms with Gasteiger partial charge in [-0.05, 0) is 30.6 Å². The van der Waals surface area contributed by atoms with Gasteiger partial charge in [0, 0.05) is 22.1 Å². The fourth-order valence-electron chi connectivity index (χ4n) is 1.83. The topological polar surface area (TPSA) is 84.7 Å². The molecule has 0 fully saturated rings. The summed E-state index contributed by atoms with van der Waals surface area (Å²) in [5.41, 5.74) is 6.28. The minimum Gasteiger partial charge on any atom is -0.369 e. The predicted molar refractivity (Wildman–Crippen MR) is 79.9 cm³/mol. The van der Waals surface area contributed by atoms with Crippen LogP contribution in [0.4, 0.5) is 5.95 Å². The molecule has 20 heavy (non-hydrogen) atoms. The largest absolute Gasteiger partial charge is 0.369 e. The van der Waals surface area contributed by atoms with Gasteiger partial charge in [0.2, 0.25) is 5.95 Å². The second-order valence-electron chi connectivity index (χ2n) is 4.07. The lowest BCUT2D eigenvalue weighted by Crippen LogP contribution is -2.12. The number of nitrogens with one attached hydrogen (secondary N) is 1. The van der Waals surface area contributed by atoms with E-state index in [1.165, 1.54) is 0 Å². The summed E-state index contributed by atoms with van der Waals surface area (Å²) in [6.07, 6.45) is -0.764. The molecule has 2 heterocycles. The van der Waals surface area contributed by atoms with E-state index in [4.69, 9.17) is 11.2 Å². The lowest BCUT2D eigenvalue weighted by Gasteiger charge is -2.09. The van der Waals surface area contributed by atoms with E-state index < -0.39 is 5.56 Å². The van der Waals surface area contributed by atoms with Gasteiger partial charge in [-0.25, -0.2) is 4.98 Å². The third-order valence-electron chi connectivity index (χ3n) is 2.70. The van der Waals surface area contributed by atoms with Crippen molar-refractivity contribution in [1.29, 1.82) is 0 Å². The second-order valence-corrected chi connectivity index (χ2v) is 5.09. The van der Waals surface area contributed by atoms with E-state index in [1.807, 2.05) is 0 Å². The third-order valence-corrected chi connectivity index (χ3v) is 3.84. The highest BCUT2D eigenvalue weighted by Crippen LogP contribution is 2.33. The van der Waals surface area contributed by atoms with Gasteiger partial charge < -0.3 is 5.73 Å². The number of hydrogen-bond acceptors (Lipinski definition) is 5. The van der Waals surface area contributed by atoms with E-state index in [1.54, 1.807) is 19.1 Å². The number of anilines is 1. The van der Waals surface area contributed by atoms with E-state index in [0.29, 0.717) is 15.8 Å². The summed E-state index contributed by atoms with van der Waals surface area (Å²) in [7, 11) is 0. The highest BCUT2D eigenvalue weighted by atomic mass is 32.2. The van der Waals surface area contributed by atoms with Crippen molar-refractivity contribution in [2.24, 2.45) is 0 Å². The smallest absolute Gasteiger partial charge is 0.261 e. The first kappa shape index (κ1) is 8.76. The van der Waals surface area contributed by atoms with E-state index in [9.17, 15) is 4.79 Å². The minimum absolute atomic E-state index is 0.000430. The SMILES string of the molecule is [2H]c1nc([2H])c([2H])c(Sc2c(C)ccc3nc(N)[nH]c(=O)c23)c1[2H]. The number of benzene rings is 1. The van der Waals surface area contributed by atoms with Gasteiger partial charge in [0.05, 0.1) is 16.4 Å². The number of nitrogens with two attached hydrogens (primary N) is 1. The van der Waals surface area contributed by atoms with Crippen molar-refractivity contribution < 1.29 is 5.48 Å². The highest BCUT2D eigenvalue weighted by Gasteiger charge is 2.11. The number of aryl methyl sites for hydroxylation is 1. The number of nitrogen functional groups attached to an aromatic ring is 1. The molecule has 6 heteroatoms. The molecular weight excluding hydrogens is 272 g/mol. The third kappa shape index (κ3) is 2.25. The van der Waals surface area contributed by atoms with Gasteiger partial charge in [-0.15, -0.1) is 0 Å². The molecule has 0 aliphatic carbocycles. The second kappa shape index (κ2) is 4.97. The van der Waals surface area contributed by atoms with Gasteiger partial charge >= 0.3 is 0 Å². The molecule has 3 aromatic rings. The van der Waals surface area contributed by atoms with Crippen molar-refractivity contribution in [3.8, 4) is 0 Å². The van der Waals surface area contributed by atoms with Gasteiger partial charge in [0.1, 0.15) is 0 Å². The molecule has 0 spiro atoms. The van der Waals surface area contributed by atoms with Crippen LogP contribution < -0.4 is 11.3 Å². The Hall–Kier alpha value is -2.34. The Kier molecular flexibility index (Phi) is 2.18. The molecule has 5 nitrogen and oxygen atoms in total. The molecule has 100 valence electrons. The van der Waals surface area contributed by atoms with Crippen LogP contribution in [0.25, 0.3) is 10.9 Å². The summed E-state index contributed by atoms with van der Waals surface area (Å²) in [5.74, 6) is 0.000430. The average Bonchev–Trinajstić information content (AvgIpc) is 2.51. The molecular formula is C14H12N4OS. The molecule has 0 aliphatic rings. The quantitative estimate of drug-likeness (QED) is 0.756. The molecule has 0 radical (unpaired) electrons. The number of rotatable bonds is 2. The Morgan fingerprint density at radius 2 is 2.10 bits per heavy atom. The zero-order valence-corrected chi connectivity index (χ0v) is 11.3. The molecule has 3 N–H and O–H groups in total. The van der Waals surface area contributed by atoms with Crippen molar-refractivity contribution in [3.63, 3.8) is 0 Å². The molecule has 0 saturated heterocycles. The Morgan fingerprint density at radius 1 is 1.35 bits per heavy atom. The van der Waals surface area contributed by atoms with Crippen molar-refractivity contribution in [2.45, 2.75) is 16.7 Å². The maximum atomic E-state index is 12.3. The summed E-state index contributed by atoms with van der Waals surface area (Å²) >= 11 is 0.989. The number of hydrogen-bond donors (Lipinski definition) is 2. The molecule has 1 aromatic carbocycles. The van der Waals surface area contributed by atoms with Crippen LogP contribution in [0.3, 0.4) is 0 Å². The van der Waals surface area contributed by atoms with Gasteiger partial charge in [0.15, 0.2) is 0 Å². The summed E-state index contributed by atoms with van der Waals surface area (Å²) in [6.45, 7) is 1.79. The normalized spacial score (nSPS) is 13.7. The Balaban J connectivity index is 2.30. The zero-order chi connectivity index (χ0) is 17.6. The van der Waals surface area contributed by atoms with E-state index in [2.05, 4.69) is 15.0 Å². The first-order chi connectivity index (χ1) is 11.3. The van der Waals surface area contributed by atoms with Crippen LogP contribution in [0, 0.1) is 6.92 Å². The summed E-state index contributed by atoms with van der Waals surface area (Å²) < 4.78 is 31.2. The van der Waals surface area contributed by atoms with Crippen molar-refractivity contribution >= 4 is 28.6 Å². The monoisotopic (exact) mass is 288 g/mol. The highest BCUT2D eigenvalue weighted by molar-refractivity contribution is 7.99. The standard InChI is InChI=1S/C14H12N4OS/c1-8-2-3-10-11(13(19)18-14(15)17-10)12(8)20-9-4-6-16-7-5-9/h2-7H,1H3,(H3,15,17,18,19)/i4D,5D,6D,7D. The zero-order valence-electron chi connectivity index (χ0n) is 14.4. The number of aromatic amines is 1.